The van der Waals surface area contributed by atoms with Crippen LogP contribution in [-0.2, 0) is 0 Å². The Balaban J connectivity index is 1.82. The number of hydrogen-bond donors (Lipinski definition) is 0. The number of imidazole rings is 1. The lowest BCUT2D eigenvalue weighted by Crippen LogP contribution is -1.99. The third kappa shape index (κ3) is 3.91. The molecule has 6 heteroatoms. The van der Waals surface area contributed by atoms with Crippen molar-refractivity contribution < 1.29 is 9.47 Å². The molecule has 0 amide bonds. The van der Waals surface area contributed by atoms with Gasteiger partial charge in [0.15, 0.2) is 5.65 Å². The summed E-state index contributed by atoms with van der Waals surface area (Å²) in [7, 11) is 3.26. The Labute approximate surface area is 205 Å². The number of hydrogen-bond acceptors (Lipinski definition) is 4. The van der Waals surface area contributed by atoms with Gasteiger partial charge in [-0.25, -0.2) is 4.98 Å². The van der Waals surface area contributed by atoms with Crippen molar-refractivity contribution in [1.82, 2.24) is 9.38 Å². The molecule has 0 saturated heterocycles. The molecule has 166 valence electrons. The van der Waals surface area contributed by atoms with Crippen molar-refractivity contribution in [2.24, 2.45) is 0 Å². The molecule has 0 radical (unpaired) electrons. The summed E-state index contributed by atoms with van der Waals surface area (Å²) in [6.45, 7) is 0. The van der Waals surface area contributed by atoms with Crippen LogP contribution in [0.4, 0.5) is 0 Å². The van der Waals surface area contributed by atoms with Crippen molar-refractivity contribution in [3.8, 4) is 28.8 Å². The molecule has 0 N–H and O–H groups in total. The van der Waals surface area contributed by atoms with Gasteiger partial charge in [-0.05, 0) is 53.6 Å². The van der Waals surface area contributed by atoms with Crippen LogP contribution >= 0.6 is 15.9 Å². The number of halogens is 1. The minimum absolute atomic E-state index is 0.517. The number of methoxy groups -OCH3 is 2. The summed E-state index contributed by atoms with van der Waals surface area (Å²) in [4.78, 5) is 4.82. The van der Waals surface area contributed by atoms with Crippen molar-refractivity contribution in [1.29, 1.82) is 5.26 Å². The molecule has 0 spiro atoms. The van der Waals surface area contributed by atoms with Crippen LogP contribution in [0.2, 0.25) is 0 Å². The molecule has 5 aromatic rings. The van der Waals surface area contributed by atoms with Crippen LogP contribution in [0.25, 0.3) is 40.1 Å². The lowest BCUT2D eigenvalue weighted by molar-refractivity contribution is 0.394. The van der Waals surface area contributed by atoms with E-state index in [0.717, 1.165) is 37.9 Å². The van der Waals surface area contributed by atoms with Gasteiger partial charge in [0.05, 0.1) is 30.9 Å². The predicted octanol–water partition coefficient (Wildman–Crippen LogP) is 6.98. The average molecular weight is 510 g/mol. The van der Waals surface area contributed by atoms with Crippen molar-refractivity contribution in [2.45, 2.75) is 0 Å². The van der Waals surface area contributed by atoms with Gasteiger partial charge < -0.3 is 9.47 Å². The lowest BCUT2D eigenvalue weighted by atomic mass is 10.0. The topological polar surface area (TPSA) is 59.5 Å². The van der Waals surface area contributed by atoms with Gasteiger partial charge >= 0.3 is 0 Å². The Bertz CT molecular complexity index is 1570. The molecule has 2 heterocycles. The molecule has 2 aromatic heterocycles. The zero-order valence-electron chi connectivity index (χ0n) is 18.6. The molecule has 0 aliphatic carbocycles. The first kappa shape index (κ1) is 21.7. The second-order valence-corrected chi connectivity index (χ2v) is 8.63. The quantitative estimate of drug-likeness (QED) is 0.256. The van der Waals surface area contributed by atoms with Crippen LogP contribution in [0.1, 0.15) is 16.7 Å². The second kappa shape index (κ2) is 9.05. The molecule has 0 aliphatic rings. The van der Waals surface area contributed by atoms with E-state index in [0.29, 0.717) is 22.7 Å². The Morgan fingerprint density at radius 3 is 2.29 bits per heavy atom. The van der Waals surface area contributed by atoms with Crippen molar-refractivity contribution in [3.05, 3.63) is 94.0 Å². The van der Waals surface area contributed by atoms with E-state index in [1.807, 2.05) is 89.3 Å². The minimum atomic E-state index is 0.517. The number of nitrogens with zero attached hydrogens (tertiary/aromatic N) is 3. The average Bonchev–Trinajstić information content (AvgIpc) is 3.26. The first-order valence-corrected chi connectivity index (χ1v) is 11.4. The van der Waals surface area contributed by atoms with Gasteiger partial charge in [0.1, 0.15) is 23.1 Å². The summed E-state index contributed by atoms with van der Waals surface area (Å²) in [5.74, 6) is 1.37. The summed E-state index contributed by atoms with van der Waals surface area (Å²) in [5, 5.41) is 10.1. The largest absolute Gasteiger partial charge is 0.497 e. The number of aromatic nitrogens is 2. The summed E-state index contributed by atoms with van der Waals surface area (Å²) in [5.41, 5.74) is 6.47. The van der Waals surface area contributed by atoms with Gasteiger partial charge in [0.25, 0.3) is 0 Å². The van der Waals surface area contributed by atoms with E-state index < -0.39 is 0 Å². The smallest absolute Gasteiger partial charge is 0.157 e. The summed E-state index contributed by atoms with van der Waals surface area (Å²) in [6, 6.07) is 26.0. The van der Waals surface area contributed by atoms with Gasteiger partial charge in [0.2, 0.25) is 0 Å². The first-order valence-electron chi connectivity index (χ1n) is 10.6. The molecule has 0 aliphatic heterocycles. The van der Waals surface area contributed by atoms with E-state index in [4.69, 9.17) is 14.5 Å². The molecule has 5 rings (SSSR count). The summed E-state index contributed by atoms with van der Waals surface area (Å²) in [6.07, 6.45) is 3.96. The second-order valence-electron chi connectivity index (χ2n) is 7.72. The fraction of sp³-hybridized carbons (Fsp3) is 0.0714. The third-order valence-corrected chi connectivity index (χ3v) is 6.22. The highest BCUT2D eigenvalue weighted by Crippen LogP contribution is 2.35. The van der Waals surface area contributed by atoms with E-state index in [-0.39, 0.29) is 0 Å². The molecule has 34 heavy (non-hydrogen) atoms. The predicted molar refractivity (Wildman–Crippen MR) is 139 cm³/mol. The Morgan fingerprint density at radius 1 is 0.912 bits per heavy atom. The standard InChI is InChI=1S/C28H20BrN3O2/c1-33-22-13-20(14-23(16-22)34-2)27-15-19(10-7-18-8-11-21(29)12-9-18)24(17-30)28-31-25-5-3-4-6-26(25)32(27)28/h3-16H,1-2H3. The highest BCUT2D eigenvalue weighted by Gasteiger charge is 2.18. The van der Waals surface area contributed by atoms with E-state index in [2.05, 4.69) is 22.0 Å². The normalized spacial score (nSPS) is 11.2. The number of ether oxygens (including phenoxy) is 2. The van der Waals surface area contributed by atoms with Gasteiger partial charge in [-0.1, -0.05) is 52.3 Å². The lowest BCUT2D eigenvalue weighted by Gasteiger charge is -2.13. The number of para-hydroxylation sites is 2. The number of benzene rings is 3. The van der Waals surface area contributed by atoms with Gasteiger partial charge in [-0.2, -0.15) is 5.26 Å². The van der Waals surface area contributed by atoms with Crippen LogP contribution in [0.15, 0.2) is 77.3 Å². The van der Waals surface area contributed by atoms with Crippen LogP contribution < -0.4 is 9.47 Å². The highest BCUT2D eigenvalue weighted by molar-refractivity contribution is 9.10. The maximum Gasteiger partial charge on any atom is 0.157 e. The summed E-state index contributed by atoms with van der Waals surface area (Å²) < 4.78 is 14.1. The molecule has 5 nitrogen and oxygen atoms in total. The highest BCUT2D eigenvalue weighted by atomic mass is 79.9. The number of fused-ring (bicyclic) bond motifs is 3. The van der Waals surface area contributed by atoms with Crippen molar-refractivity contribution >= 4 is 44.8 Å². The zero-order valence-corrected chi connectivity index (χ0v) is 20.2. The van der Waals surface area contributed by atoms with Crippen LogP contribution in [0.3, 0.4) is 0 Å². The number of rotatable bonds is 5. The van der Waals surface area contributed by atoms with E-state index in [1.54, 1.807) is 14.2 Å². The number of nitriles is 1. The molecule has 0 fully saturated rings. The molecule has 0 saturated carbocycles. The number of pyridine rings is 1. The first-order chi connectivity index (χ1) is 16.6. The fourth-order valence-corrected chi connectivity index (χ4v) is 4.29. The molecule has 0 atom stereocenters. The summed E-state index contributed by atoms with van der Waals surface area (Å²) >= 11 is 3.47. The molecular formula is C28H20BrN3O2. The van der Waals surface area contributed by atoms with E-state index in [1.165, 1.54) is 0 Å². The Morgan fingerprint density at radius 2 is 1.62 bits per heavy atom. The molecule has 3 aromatic carbocycles. The SMILES string of the molecule is COc1cc(OC)cc(-c2cc(C=Cc3ccc(Br)cc3)c(C#N)c3nc4ccccc4n23)c1. The fourth-order valence-electron chi connectivity index (χ4n) is 4.02. The van der Waals surface area contributed by atoms with E-state index >= 15 is 0 Å². The van der Waals surface area contributed by atoms with Crippen LogP contribution in [-0.4, -0.2) is 23.6 Å². The minimum Gasteiger partial charge on any atom is -0.497 e. The molecule has 0 unspecified atom stereocenters. The Hall–Kier alpha value is -4.08. The van der Waals surface area contributed by atoms with Crippen molar-refractivity contribution in [3.63, 3.8) is 0 Å². The molecule has 0 bridgehead atoms. The Kier molecular flexibility index (Phi) is 5.79. The maximum atomic E-state index is 10.1. The molecular weight excluding hydrogens is 490 g/mol. The van der Waals surface area contributed by atoms with Crippen LogP contribution in [0.5, 0.6) is 11.5 Å². The van der Waals surface area contributed by atoms with Crippen LogP contribution in [0, 0.1) is 11.3 Å². The zero-order chi connectivity index (χ0) is 23.7. The monoisotopic (exact) mass is 509 g/mol. The van der Waals surface area contributed by atoms with Gasteiger partial charge in [0, 0.05) is 16.1 Å². The van der Waals surface area contributed by atoms with Gasteiger partial charge in [-0.15, -0.1) is 0 Å². The maximum absolute atomic E-state index is 10.1. The third-order valence-electron chi connectivity index (χ3n) is 5.69. The van der Waals surface area contributed by atoms with Crippen molar-refractivity contribution in [2.75, 3.05) is 14.2 Å². The van der Waals surface area contributed by atoms with E-state index in [9.17, 15) is 5.26 Å². The van der Waals surface area contributed by atoms with Gasteiger partial charge in [-0.3, -0.25) is 4.40 Å².